The number of guanidine groups is 2. The summed E-state index contributed by atoms with van der Waals surface area (Å²) in [7, 11) is 5.64. The van der Waals surface area contributed by atoms with Crippen LogP contribution in [0, 0.1) is 5.41 Å². The molecule has 0 heterocycles. The number of aliphatic imine (C=N–C) groups is 1. The highest BCUT2D eigenvalue weighted by atomic mass is 15.3. The third-order valence-corrected chi connectivity index (χ3v) is 3.40. The summed E-state index contributed by atoms with van der Waals surface area (Å²) in [6.45, 7) is 15.1. The lowest BCUT2D eigenvalue weighted by Crippen LogP contribution is -2.43. The quantitative estimate of drug-likeness (QED) is 0.600. The van der Waals surface area contributed by atoms with Gasteiger partial charge in [0.15, 0.2) is 11.9 Å². The number of rotatable bonds is 5. The average Bonchev–Trinajstić information content (AvgIpc) is 2.51. The van der Waals surface area contributed by atoms with Gasteiger partial charge in [-0.15, -0.1) is 0 Å². The van der Waals surface area contributed by atoms with Gasteiger partial charge in [-0.2, -0.15) is 0 Å². The lowest BCUT2D eigenvalue weighted by atomic mass is 10.4. The van der Waals surface area contributed by atoms with Gasteiger partial charge in [0.25, 0.3) is 0 Å². The van der Waals surface area contributed by atoms with Crippen molar-refractivity contribution in [2.75, 3.05) is 53.9 Å². The Hall–Kier alpha value is -1.46. The van der Waals surface area contributed by atoms with Gasteiger partial charge in [0.05, 0.1) is 0 Å². The van der Waals surface area contributed by atoms with Gasteiger partial charge >= 0.3 is 0 Å². The molecule has 0 atom stereocenters. The monoisotopic (exact) mass is 300 g/mol. The zero-order valence-corrected chi connectivity index (χ0v) is 15.3. The Balaban J connectivity index is 0. The fourth-order valence-electron chi connectivity index (χ4n) is 1.87. The van der Waals surface area contributed by atoms with Crippen LogP contribution in [0.1, 0.15) is 34.6 Å². The molecule has 0 aliphatic carbocycles. The fraction of sp³-hybridized carbons (Fsp3) is 0.867. The van der Waals surface area contributed by atoms with Gasteiger partial charge in [-0.3, -0.25) is 10.4 Å². The minimum absolute atomic E-state index is 0.657. The number of hydrogen-bond donors (Lipinski definition) is 2. The lowest BCUT2D eigenvalue weighted by molar-refractivity contribution is 0.347. The molecule has 0 saturated heterocycles. The lowest BCUT2D eigenvalue weighted by Gasteiger charge is -2.30. The van der Waals surface area contributed by atoms with Gasteiger partial charge in [-0.1, -0.05) is 0 Å². The van der Waals surface area contributed by atoms with Crippen LogP contribution in [-0.4, -0.2) is 80.5 Å². The van der Waals surface area contributed by atoms with E-state index in [1.807, 2.05) is 19.0 Å². The predicted molar refractivity (Wildman–Crippen MR) is 94.3 cm³/mol. The molecule has 0 spiro atoms. The van der Waals surface area contributed by atoms with Crippen LogP contribution < -0.4 is 5.32 Å². The van der Waals surface area contributed by atoms with E-state index in [1.54, 1.807) is 7.05 Å². The second-order valence-corrected chi connectivity index (χ2v) is 4.48. The molecule has 0 bridgehead atoms. The van der Waals surface area contributed by atoms with Crippen molar-refractivity contribution in [3.63, 3.8) is 0 Å². The van der Waals surface area contributed by atoms with E-state index >= 15 is 0 Å². The van der Waals surface area contributed by atoms with Crippen molar-refractivity contribution in [3.05, 3.63) is 0 Å². The van der Waals surface area contributed by atoms with Crippen molar-refractivity contribution in [1.29, 1.82) is 5.41 Å². The third-order valence-electron chi connectivity index (χ3n) is 3.40. The van der Waals surface area contributed by atoms with Crippen LogP contribution in [0.4, 0.5) is 0 Å². The predicted octanol–water partition coefficient (Wildman–Crippen LogP) is 1.75. The highest BCUT2D eigenvalue weighted by Gasteiger charge is 2.10. The normalized spacial score (nSPS) is 10.4. The average molecular weight is 300 g/mol. The van der Waals surface area contributed by atoms with Crippen LogP contribution in [0.5, 0.6) is 0 Å². The van der Waals surface area contributed by atoms with Gasteiger partial charge in [0.2, 0.25) is 0 Å². The molecule has 0 aliphatic heterocycles. The van der Waals surface area contributed by atoms with Gasteiger partial charge in [0.1, 0.15) is 0 Å². The summed E-state index contributed by atoms with van der Waals surface area (Å²) < 4.78 is 0. The van der Waals surface area contributed by atoms with E-state index in [2.05, 4.69) is 54.7 Å². The van der Waals surface area contributed by atoms with Gasteiger partial charge < -0.3 is 20.0 Å². The Kier molecular flexibility index (Phi) is 14.1. The first kappa shape index (κ1) is 21.8. The third kappa shape index (κ3) is 8.42. The van der Waals surface area contributed by atoms with E-state index in [-0.39, 0.29) is 0 Å². The zero-order chi connectivity index (χ0) is 16.8. The summed E-state index contributed by atoms with van der Waals surface area (Å²) in [5.74, 6) is 1.59. The van der Waals surface area contributed by atoms with Gasteiger partial charge in [-0.05, 0) is 34.6 Å². The van der Waals surface area contributed by atoms with Crippen LogP contribution in [0.2, 0.25) is 0 Å². The maximum absolute atomic E-state index is 7.86. The van der Waals surface area contributed by atoms with Crippen LogP contribution in [-0.2, 0) is 0 Å². The molecule has 0 rings (SSSR count). The molecule has 2 N–H and O–H groups in total. The van der Waals surface area contributed by atoms with Crippen molar-refractivity contribution >= 4 is 11.9 Å². The van der Waals surface area contributed by atoms with Crippen LogP contribution in [0.3, 0.4) is 0 Å². The van der Waals surface area contributed by atoms with Crippen molar-refractivity contribution in [1.82, 2.24) is 20.0 Å². The van der Waals surface area contributed by atoms with E-state index in [9.17, 15) is 0 Å². The topological polar surface area (TPSA) is 58.0 Å². The van der Waals surface area contributed by atoms with E-state index < -0.39 is 0 Å². The summed E-state index contributed by atoms with van der Waals surface area (Å²) in [6.07, 6.45) is 0. The van der Waals surface area contributed by atoms with Gasteiger partial charge in [-0.25, -0.2) is 0 Å². The van der Waals surface area contributed by atoms with Gasteiger partial charge in [0, 0.05) is 53.9 Å². The molecule has 0 aromatic rings. The molecule has 0 radical (unpaired) electrons. The first-order valence-electron chi connectivity index (χ1n) is 7.91. The molecule has 0 amide bonds. The van der Waals surface area contributed by atoms with E-state index in [0.717, 1.165) is 38.7 Å². The maximum atomic E-state index is 7.86. The van der Waals surface area contributed by atoms with Crippen molar-refractivity contribution in [2.24, 2.45) is 4.99 Å². The summed E-state index contributed by atoms with van der Waals surface area (Å²) in [6, 6.07) is 0. The van der Waals surface area contributed by atoms with Crippen molar-refractivity contribution in [3.8, 4) is 0 Å². The minimum Gasteiger partial charge on any atom is -0.359 e. The van der Waals surface area contributed by atoms with Crippen LogP contribution in [0.15, 0.2) is 4.99 Å². The molecule has 6 nitrogen and oxygen atoms in total. The summed E-state index contributed by atoms with van der Waals surface area (Å²) in [5.41, 5.74) is 0. The summed E-state index contributed by atoms with van der Waals surface area (Å²) in [5, 5.41) is 10.8. The van der Waals surface area contributed by atoms with E-state index in [4.69, 9.17) is 5.41 Å². The van der Waals surface area contributed by atoms with Crippen LogP contribution >= 0.6 is 0 Å². The second-order valence-electron chi connectivity index (χ2n) is 4.48. The molecule has 0 aliphatic rings. The smallest absolute Gasteiger partial charge is 0.193 e. The second kappa shape index (κ2) is 13.5. The first-order chi connectivity index (χ1) is 9.96. The van der Waals surface area contributed by atoms with Crippen molar-refractivity contribution in [2.45, 2.75) is 34.6 Å². The summed E-state index contributed by atoms with van der Waals surface area (Å²) >= 11 is 0. The van der Waals surface area contributed by atoms with E-state index in [0.29, 0.717) is 5.96 Å². The fourth-order valence-corrected chi connectivity index (χ4v) is 1.87. The number of nitrogens with one attached hydrogen (secondary N) is 2. The molecule has 126 valence electrons. The highest BCUT2D eigenvalue weighted by Crippen LogP contribution is 1.96. The SMILES string of the molecule is CCN(C)C(=NC)NC.CCN(CC)C(=N)N(CC)CC. The molecule has 6 heteroatoms. The number of nitrogens with zero attached hydrogens (tertiary/aromatic N) is 4. The summed E-state index contributed by atoms with van der Waals surface area (Å²) in [4.78, 5) is 10.2. The Morgan fingerprint density at radius 1 is 0.905 bits per heavy atom. The molecular weight excluding hydrogens is 264 g/mol. The molecule has 21 heavy (non-hydrogen) atoms. The Morgan fingerprint density at radius 2 is 1.29 bits per heavy atom. The Labute approximate surface area is 131 Å². The molecule has 0 fully saturated rings. The highest BCUT2D eigenvalue weighted by molar-refractivity contribution is 5.79. The Bertz CT molecular complexity index is 268. The molecule has 0 aromatic heterocycles. The number of hydrogen-bond acceptors (Lipinski definition) is 2. The molecule has 0 saturated carbocycles. The molecular formula is C15H36N6. The van der Waals surface area contributed by atoms with Crippen molar-refractivity contribution < 1.29 is 0 Å². The zero-order valence-electron chi connectivity index (χ0n) is 15.3. The first-order valence-corrected chi connectivity index (χ1v) is 7.91. The minimum atomic E-state index is 0.657. The Morgan fingerprint density at radius 3 is 1.43 bits per heavy atom. The maximum Gasteiger partial charge on any atom is 0.193 e. The largest absolute Gasteiger partial charge is 0.359 e. The molecule has 0 unspecified atom stereocenters. The molecule has 0 aromatic carbocycles. The standard InChI is InChI=1S/C9H21N3.C6H15N3/c1-5-11(6-2)9(10)12(7-3)8-4;1-5-9(4)6(7-2)8-3/h10H,5-8H2,1-4H3;5H2,1-4H3,(H,7,8). The van der Waals surface area contributed by atoms with E-state index in [1.165, 1.54) is 0 Å². The van der Waals surface area contributed by atoms with Crippen LogP contribution in [0.25, 0.3) is 0 Å².